The molecule has 166 valence electrons. The van der Waals surface area contributed by atoms with Crippen molar-refractivity contribution in [3.63, 3.8) is 0 Å². The van der Waals surface area contributed by atoms with Gasteiger partial charge < -0.3 is 14.8 Å². The molecule has 0 bridgehead atoms. The zero-order valence-corrected chi connectivity index (χ0v) is 19.4. The normalized spacial score (nSPS) is 21.0. The Labute approximate surface area is 195 Å². The first-order valence-electron chi connectivity index (χ1n) is 10.9. The number of nitrogens with one attached hydrogen (secondary N) is 1. The summed E-state index contributed by atoms with van der Waals surface area (Å²) < 4.78 is 10.6. The summed E-state index contributed by atoms with van der Waals surface area (Å²) in [5.41, 5.74) is 4.74. The molecule has 1 heterocycles. The Bertz CT molecular complexity index is 1030. The van der Waals surface area contributed by atoms with Gasteiger partial charge >= 0.3 is 0 Å². The number of hydrogen-bond donors (Lipinski definition) is 1. The fourth-order valence-electron chi connectivity index (χ4n) is 4.44. The fourth-order valence-corrected chi connectivity index (χ4v) is 4.68. The monoisotopic (exact) mass is 447 g/mol. The molecule has 0 aromatic heterocycles. The first kappa shape index (κ1) is 22.1. The van der Waals surface area contributed by atoms with E-state index in [0.717, 1.165) is 42.0 Å². The van der Waals surface area contributed by atoms with Crippen molar-refractivity contribution < 1.29 is 9.47 Å². The van der Waals surface area contributed by atoms with Gasteiger partial charge in [-0.25, -0.2) is 5.01 Å². The summed E-state index contributed by atoms with van der Waals surface area (Å²) in [5, 5.41) is 10.9. The van der Waals surface area contributed by atoms with Gasteiger partial charge in [-0.15, -0.1) is 6.58 Å². The molecule has 0 spiro atoms. The highest BCUT2D eigenvalue weighted by molar-refractivity contribution is 7.80. The first-order valence-corrected chi connectivity index (χ1v) is 11.3. The second-order valence-corrected chi connectivity index (χ2v) is 8.35. The number of benzene rings is 2. The van der Waals surface area contributed by atoms with Crippen LogP contribution in [-0.2, 0) is 0 Å². The van der Waals surface area contributed by atoms with E-state index in [1.165, 1.54) is 11.1 Å². The SMILES string of the molecule is C=CCNC(=S)N1N=C2/C(=C/c3ccc(OC)cc3)CCC[C@H]2[C@H]1c1ccc(OC)cc1. The van der Waals surface area contributed by atoms with Crippen molar-refractivity contribution in [1.29, 1.82) is 0 Å². The third kappa shape index (κ3) is 4.55. The van der Waals surface area contributed by atoms with Crippen LogP contribution in [0.1, 0.15) is 36.4 Å². The number of thiocarbonyl (C=S) groups is 1. The molecule has 5 nitrogen and oxygen atoms in total. The summed E-state index contributed by atoms with van der Waals surface area (Å²) >= 11 is 5.72. The predicted molar refractivity (Wildman–Crippen MR) is 134 cm³/mol. The van der Waals surface area contributed by atoms with E-state index in [-0.39, 0.29) is 12.0 Å². The van der Waals surface area contributed by atoms with Crippen LogP contribution in [0.15, 0.2) is 71.9 Å². The second-order valence-electron chi connectivity index (χ2n) is 7.96. The molecule has 0 saturated heterocycles. The van der Waals surface area contributed by atoms with Crippen LogP contribution in [0, 0.1) is 5.92 Å². The lowest BCUT2D eigenvalue weighted by Gasteiger charge is -2.30. The van der Waals surface area contributed by atoms with Crippen molar-refractivity contribution >= 4 is 29.1 Å². The molecule has 1 aliphatic carbocycles. The Hall–Kier alpha value is -3.12. The Balaban J connectivity index is 1.69. The number of hydrogen-bond acceptors (Lipinski definition) is 4. The van der Waals surface area contributed by atoms with Gasteiger partial charge in [0.2, 0.25) is 0 Å². The highest BCUT2D eigenvalue weighted by atomic mass is 32.1. The second kappa shape index (κ2) is 10.0. The molecule has 2 aromatic carbocycles. The zero-order chi connectivity index (χ0) is 22.5. The van der Waals surface area contributed by atoms with Gasteiger partial charge in [-0.2, -0.15) is 5.10 Å². The number of hydrazone groups is 1. The molecule has 0 amide bonds. The first-order chi connectivity index (χ1) is 15.6. The summed E-state index contributed by atoms with van der Waals surface area (Å²) in [5.74, 6) is 1.98. The summed E-state index contributed by atoms with van der Waals surface area (Å²) in [7, 11) is 3.37. The van der Waals surface area contributed by atoms with Crippen molar-refractivity contribution in [3.05, 3.63) is 77.9 Å². The van der Waals surface area contributed by atoms with Gasteiger partial charge in [0.05, 0.1) is 26.0 Å². The van der Waals surface area contributed by atoms with Crippen LogP contribution in [-0.4, -0.2) is 36.6 Å². The highest BCUT2D eigenvalue weighted by Gasteiger charge is 2.42. The summed E-state index contributed by atoms with van der Waals surface area (Å²) in [6.07, 6.45) is 7.27. The van der Waals surface area contributed by atoms with Gasteiger partial charge in [-0.3, -0.25) is 0 Å². The lowest BCUT2D eigenvalue weighted by atomic mass is 9.77. The van der Waals surface area contributed by atoms with E-state index in [4.69, 9.17) is 26.8 Å². The average molecular weight is 448 g/mol. The number of nitrogens with zero attached hydrogens (tertiary/aromatic N) is 2. The molecule has 32 heavy (non-hydrogen) atoms. The Morgan fingerprint density at radius 3 is 2.41 bits per heavy atom. The molecule has 1 fully saturated rings. The van der Waals surface area contributed by atoms with Crippen molar-refractivity contribution in [2.24, 2.45) is 11.0 Å². The van der Waals surface area contributed by atoms with Gasteiger partial charge in [0, 0.05) is 12.5 Å². The van der Waals surface area contributed by atoms with Crippen molar-refractivity contribution in [2.75, 3.05) is 20.8 Å². The number of allylic oxidation sites excluding steroid dienone is 1. The van der Waals surface area contributed by atoms with Gasteiger partial charge in [0.25, 0.3) is 0 Å². The molecule has 0 radical (unpaired) electrons. The predicted octanol–water partition coefficient (Wildman–Crippen LogP) is 5.36. The van der Waals surface area contributed by atoms with E-state index in [1.807, 2.05) is 29.3 Å². The molecule has 2 aliphatic rings. The number of rotatable bonds is 6. The third-order valence-electron chi connectivity index (χ3n) is 6.02. The standard InChI is InChI=1S/C26H29N3O2S/c1-4-16-27-26(32)29-25(19-10-14-22(31-3)15-11-19)23-7-5-6-20(24(23)28-29)17-18-8-12-21(30-2)13-9-18/h4,8-15,17,23,25H,1,5-7,16H2,2-3H3,(H,27,32)/b20-17+/t23-,25-/m1/s1. The van der Waals surface area contributed by atoms with E-state index in [0.29, 0.717) is 11.7 Å². The molecule has 1 aliphatic heterocycles. The van der Waals surface area contributed by atoms with Crippen LogP contribution in [0.2, 0.25) is 0 Å². The smallest absolute Gasteiger partial charge is 0.190 e. The third-order valence-corrected chi connectivity index (χ3v) is 6.35. The van der Waals surface area contributed by atoms with E-state index >= 15 is 0 Å². The van der Waals surface area contributed by atoms with E-state index in [1.54, 1.807) is 20.3 Å². The Kier molecular flexibility index (Phi) is 6.90. The topological polar surface area (TPSA) is 46.1 Å². The van der Waals surface area contributed by atoms with Gasteiger partial charge in [-0.05, 0) is 78.5 Å². The van der Waals surface area contributed by atoms with Gasteiger partial charge in [0.15, 0.2) is 5.11 Å². The van der Waals surface area contributed by atoms with E-state index < -0.39 is 0 Å². The lowest BCUT2D eigenvalue weighted by molar-refractivity contribution is 0.300. The molecule has 6 heteroatoms. The molecular weight excluding hydrogens is 418 g/mol. The van der Waals surface area contributed by atoms with Crippen molar-refractivity contribution in [1.82, 2.24) is 10.3 Å². The van der Waals surface area contributed by atoms with Crippen LogP contribution in [0.25, 0.3) is 6.08 Å². The number of methoxy groups -OCH3 is 2. The minimum Gasteiger partial charge on any atom is -0.497 e. The largest absolute Gasteiger partial charge is 0.497 e. The maximum absolute atomic E-state index is 5.72. The van der Waals surface area contributed by atoms with Crippen LogP contribution in [0.5, 0.6) is 11.5 Å². The number of ether oxygens (including phenoxy) is 2. The van der Waals surface area contributed by atoms with Crippen molar-refractivity contribution in [3.8, 4) is 11.5 Å². The van der Waals surface area contributed by atoms with Crippen LogP contribution < -0.4 is 14.8 Å². The average Bonchev–Trinajstić information content (AvgIpc) is 3.24. The summed E-state index contributed by atoms with van der Waals surface area (Å²) in [6.45, 7) is 4.40. The summed E-state index contributed by atoms with van der Waals surface area (Å²) in [6, 6.07) is 16.4. The van der Waals surface area contributed by atoms with Crippen LogP contribution in [0.4, 0.5) is 0 Å². The molecular formula is C26H29N3O2S. The molecule has 2 aromatic rings. The van der Waals surface area contributed by atoms with Gasteiger partial charge in [-0.1, -0.05) is 30.3 Å². The minimum absolute atomic E-state index is 0.0558. The molecule has 1 N–H and O–H groups in total. The quantitative estimate of drug-likeness (QED) is 0.477. The maximum Gasteiger partial charge on any atom is 0.190 e. The molecule has 0 unspecified atom stereocenters. The lowest BCUT2D eigenvalue weighted by Crippen LogP contribution is -2.38. The van der Waals surface area contributed by atoms with Crippen molar-refractivity contribution in [2.45, 2.75) is 25.3 Å². The minimum atomic E-state index is 0.0558. The molecule has 2 atom stereocenters. The maximum atomic E-state index is 5.72. The van der Waals surface area contributed by atoms with E-state index in [9.17, 15) is 0 Å². The molecule has 1 saturated carbocycles. The summed E-state index contributed by atoms with van der Waals surface area (Å²) in [4.78, 5) is 0. The van der Waals surface area contributed by atoms with Crippen LogP contribution >= 0.6 is 12.2 Å². The fraction of sp³-hybridized carbons (Fsp3) is 0.308. The Morgan fingerprint density at radius 2 is 1.78 bits per heavy atom. The number of fused-ring (bicyclic) bond motifs is 1. The Morgan fingerprint density at radius 1 is 1.12 bits per heavy atom. The van der Waals surface area contributed by atoms with Gasteiger partial charge in [0.1, 0.15) is 11.5 Å². The zero-order valence-electron chi connectivity index (χ0n) is 18.6. The highest BCUT2D eigenvalue weighted by Crippen LogP contribution is 2.44. The van der Waals surface area contributed by atoms with E-state index in [2.05, 4.69) is 42.2 Å². The molecule has 4 rings (SSSR count). The van der Waals surface area contributed by atoms with Crippen LogP contribution in [0.3, 0.4) is 0 Å².